The van der Waals surface area contributed by atoms with Gasteiger partial charge in [0.2, 0.25) is 0 Å². The first kappa shape index (κ1) is 21.8. The van der Waals surface area contributed by atoms with E-state index in [0.717, 1.165) is 27.3 Å². The van der Waals surface area contributed by atoms with E-state index in [9.17, 15) is 9.32 Å². The van der Waals surface area contributed by atoms with E-state index in [4.69, 9.17) is 5.73 Å². The lowest BCUT2D eigenvalue weighted by molar-refractivity contribution is 0.187. The second kappa shape index (κ2) is 9.77. The monoisotopic (exact) mass is 419 g/mol. The van der Waals surface area contributed by atoms with Gasteiger partial charge in [-0.2, -0.15) is 0 Å². The lowest BCUT2D eigenvalue weighted by Gasteiger charge is -2.07. The number of aliphatic hydroxyl groups excluding tert-OH is 1. The van der Waals surface area contributed by atoms with E-state index in [1.54, 1.807) is 6.20 Å². The minimum atomic E-state index is -1.02. The molecule has 0 radical (unpaired) electrons. The maximum Gasteiger partial charge on any atom is 0.135 e. The van der Waals surface area contributed by atoms with Crippen molar-refractivity contribution in [1.29, 1.82) is 0 Å². The van der Waals surface area contributed by atoms with Gasteiger partial charge < -0.3 is 10.8 Å². The highest BCUT2D eigenvalue weighted by atomic mass is 32.2. The predicted octanol–water partition coefficient (Wildman–Crippen LogP) is 3.36. The lowest BCUT2D eigenvalue weighted by atomic mass is 10.1. The molecule has 0 saturated carbocycles. The molecule has 30 heavy (non-hydrogen) atoms. The van der Waals surface area contributed by atoms with Crippen LogP contribution in [0.25, 0.3) is 11.3 Å². The summed E-state index contributed by atoms with van der Waals surface area (Å²) in [5, 5.41) is 9.86. The zero-order valence-corrected chi connectivity index (χ0v) is 18.1. The van der Waals surface area contributed by atoms with Crippen LogP contribution in [0.1, 0.15) is 42.5 Å². The van der Waals surface area contributed by atoms with Crippen LogP contribution in [-0.2, 0) is 10.8 Å². The van der Waals surface area contributed by atoms with Gasteiger partial charge in [0, 0.05) is 27.8 Å². The SMILES string of the molecule is Cc1ncc(-c2ccc(S(=O)C(C)C)cc2)nc1C#Cc1ccc(C(O)CN)cc1. The summed E-state index contributed by atoms with van der Waals surface area (Å²) < 4.78 is 12.2. The molecule has 154 valence electrons. The summed E-state index contributed by atoms with van der Waals surface area (Å²) in [6.45, 7) is 5.93. The molecule has 3 N–H and O–H groups in total. The maximum atomic E-state index is 12.2. The molecule has 0 amide bonds. The molecule has 1 aromatic heterocycles. The van der Waals surface area contributed by atoms with Crippen molar-refractivity contribution in [1.82, 2.24) is 9.97 Å². The highest BCUT2D eigenvalue weighted by Gasteiger charge is 2.10. The molecule has 0 aliphatic carbocycles. The van der Waals surface area contributed by atoms with Crippen LogP contribution >= 0.6 is 0 Å². The van der Waals surface area contributed by atoms with E-state index in [2.05, 4.69) is 21.8 Å². The van der Waals surface area contributed by atoms with Gasteiger partial charge in [0.25, 0.3) is 0 Å². The first-order valence-electron chi connectivity index (χ1n) is 9.73. The van der Waals surface area contributed by atoms with Gasteiger partial charge >= 0.3 is 0 Å². The van der Waals surface area contributed by atoms with Crippen molar-refractivity contribution in [2.45, 2.75) is 37.0 Å². The topological polar surface area (TPSA) is 89.1 Å². The van der Waals surface area contributed by atoms with Crippen molar-refractivity contribution < 1.29 is 9.32 Å². The number of rotatable bonds is 5. The van der Waals surface area contributed by atoms with Crippen LogP contribution in [0.5, 0.6) is 0 Å². The molecule has 0 fully saturated rings. The average molecular weight is 420 g/mol. The fraction of sp³-hybridized carbons (Fsp3) is 0.250. The number of aromatic nitrogens is 2. The standard InChI is InChI=1S/C24H25N3O2S/c1-16(2)30(29)21-11-9-19(10-12-21)23-15-26-17(3)22(27-23)13-6-18-4-7-20(8-5-18)24(28)14-25/h4-5,7-12,15-16,24,28H,14,25H2,1-3H3. The third-order valence-corrected chi connectivity index (χ3v) is 6.20. The molecule has 0 spiro atoms. The summed E-state index contributed by atoms with van der Waals surface area (Å²) in [6, 6.07) is 14.9. The maximum absolute atomic E-state index is 12.2. The molecular weight excluding hydrogens is 394 g/mol. The molecular formula is C24H25N3O2S. The summed E-state index contributed by atoms with van der Waals surface area (Å²) in [5.41, 5.74) is 10.0. The molecule has 5 nitrogen and oxygen atoms in total. The summed E-state index contributed by atoms with van der Waals surface area (Å²) in [4.78, 5) is 9.89. The first-order chi connectivity index (χ1) is 14.4. The van der Waals surface area contributed by atoms with Gasteiger partial charge in [-0.05, 0) is 42.7 Å². The van der Waals surface area contributed by atoms with Gasteiger partial charge in [-0.3, -0.25) is 9.19 Å². The van der Waals surface area contributed by atoms with Gasteiger partial charge in [0.05, 0.1) is 34.5 Å². The number of aliphatic hydroxyl groups is 1. The molecule has 3 aromatic rings. The van der Waals surface area contributed by atoms with Gasteiger partial charge in [0.1, 0.15) is 5.69 Å². The van der Waals surface area contributed by atoms with E-state index in [-0.39, 0.29) is 11.8 Å². The summed E-state index contributed by atoms with van der Waals surface area (Å²) in [6.07, 6.45) is 1.05. The van der Waals surface area contributed by atoms with Crippen molar-refractivity contribution in [2.75, 3.05) is 6.54 Å². The van der Waals surface area contributed by atoms with E-state index < -0.39 is 16.9 Å². The number of benzene rings is 2. The fourth-order valence-electron chi connectivity index (χ4n) is 2.79. The second-order valence-electron chi connectivity index (χ2n) is 7.18. The predicted molar refractivity (Wildman–Crippen MR) is 120 cm³/mol. The Balaban J connectivity index is 1.84. The Labute approximate surface area is 179 Å². The van der Waals surface area contributed by atoms with Crippen molar-refractivity contribution in [2.24, 2.45) is 5.73 Å². The molecule has 6 heteroatoms. The third kappa shape index (κ3) is 5.19. The fourth-order valence-corrected chi connectivity index (χ4v) is 3.74. The second-order valence-corrected chi connectivity index (χ2v) is 9.19. The van der Waals surface area contributed by atoms with Crippen molar-refractivity contribution in [3.8, 4) is 23.1 Å². The molecule has 0 bridgehead atoms. The zero-order chi connectivity index (χ0) is 21.7. The summed E-state index contributed by atoms with van der Waals surface area (Å²) in [5.74, 6) is 6.18. The lowest BCUT2D eigenvalue weighted by Crippen LogP contribution is -2.11. The third-order valence-electron chi connectivity index (χ3n) is 4.61. The molecule has 2 unspecified atom stereocenters. The highest BCUT2D eigenvalue weighted by molar-refractivity contribution is 7.85. The van der Waals surface area contributed by atoms with Crippen molar-refractivity contribution in [3.63, 3.8) is 0 Å². The molecule has 0 aliphatic rings. The van der Waals surface area contributed by atoms with Crippen LogP contribution in [0, 0.1) is 18.8 Å². The molecule has 1 heterocycles. The van der Waals surface area contributed by atoms with E-state index in [1.807, 2.05) is 69.3 Å². The van der Waals surface area contributed by atoms with E-state index in [1.165, 1.54) is 0 Å². The van der Waals surface area contributed by atoms with Crippen LogP contribution in [0.4, 0.5) is 0 Å². The normalized spacial score (nSPS) is 12.9. The van der Waals surface area contributed by atoms with Gasteiger partial charge in [-0.25, -0.2) is 4.98 Å². The Hall–Kier alpha value is -2.85. The summed E-state index contributed by atoms with van der Waals surface area (Å²) in [7, 11) is -1.02. The summed E-state index contributed by atoms with van der Waals surface area (Å²) >= 11 is 0. The van der Waals surface area contributed by atoms with Gasteiger partial charge in [-0.15, -0.1) is 0 Å². The quantitative estimate of drug-likeness (QED) is 0.619. The van der Waals surface area contributed by atoms with Crippen LogP contribution in [-0.4, -0.2) is 31.1 Å². The number of hydrogen-bond donors (Lipinski definition) is 2. The molecule has 0 saturated heterocycles. The Kier molecular flexibility index (Phi) is 7.11. The Morgan fingerprint density at radius 1 is 1.07 bits per heavy atom. The largest absolute Gasteiger partial charge is 0.387 e. The molecule has 3 rings (SSSR count). The minimum Gasteiger partial charge on any atom is -0.387 e. The van der Waals surface area contributed by atoms with Crippen LogP contribution in [0.15, 0.2) is 59.6 Å². The number of nitrogens with two attached hydrogens (primary N) is 1. The van der Waals surface area contributed by atoms with Gasteiger partial charge in [-0.1, -0.05) is 44.0 Å². The molecule has 2 atom stereocenters. The number of hydrogen-bond acceptors (Lipinski definition) is 5. The Morgan fingerprint density at radius 2 is 1.73 bits per heavy atom. The Bertz CT molecular complexity index is 1100. The minimum absolute atomic E-state index is 0.0736. The molecule has 0 aliphatic heterocycles. The van der Waals surface area contributed by atoms with Crippen LogP contribution < -0.4 is 5.73 Å². The smallest absolute Gasteiger partial charge is 0.135 e. The van der Waals surface area contributed by atoms with Crippen molar-refractivity contribution in [3.05, 3.63) is 77.2 Å². The highest BCUT2D eigenvalue weighted by Crippen LogP contribution is 2.20. The van der Waals surface area contributed by atoms with Gasteiger partial charge in [0.15, 0.2) is 0 Å². The van der Waals surface area contributed by atoms with Crippen molar-refractivity contribution >= 4 is 10.8 Å². The van der Waals surface area contributed by atoms with Crippen LogP contribution in [0.3, 0.4) is 0 Å². The average Bonchev–Trinajstić information content (AvgIpc) is 2.78. The Morgan fingerprint density at radius 3 is 2.33 bits per heavy atom. The molecule has 2 aromatic carbocycles. The number of aryl methyl sites for hydroxylation is 1. The van der Waals surface area contributed by atoms with Crippen LogP contribution in [0.2, 0.25) is 0 Å². The van der Waals surface area contributed by atoms with E-state index in [0.29, 0.717) is 11.4 Å². The first-order valence-corrected chi connectivity index (χ1v) is 10.9. The van der Waals surface area contributed by atoms with E-state index >= 15 is 0 Å². The number of nitrogens with zero attached hydrogens (tertiary/aromatic N) is 2. The zero-order valence-electron chi connectivity index (χ0n) is 17.3.